The maximum Gasteiger partial charge on any atom is 0.0409 e. The minimum atomic E-state index is 0.434. The maximum absolute atomic E-state index is 6.19. The van der Waals surface area contributed by atoms with Gasteiger partial charge >= 0.3 is 0 Å². The maximum atomic E-state index is 6.19. The highest BCUT2D eigenvalue weighted by Gasteiger charge is 2.30. The Hall–Kier alpha value is -0.530. The number of rotatable bonds is 3. The first-order chi connectivity index (χ1) is 9.01. The summed E-state index contributed by atoms with van der Waals surface area (Å²) in [5.74, 6) is 2.40. The van der Waals surface area contributed by atoms with E-state index in [9.17, 15) is 0 Å². The van der Waals surface area contributed by atoms with Gasteiger partial charge in [0.05, 0.1) is 0 Å². The van der Waals surface area contributed by atoms with Crippen molar-refractivity contribution in [1.29, 1.82) is 0 Å². The van der Waals surface area contributed by atoms with Crippen LogP contribution in [0.5, 0.6) is 0 Å². The molecule has 0 aliphatic heterocycles. The molecule has 1 fully saturated rings. The second-order valence-electron chi connectivity index (χ2n) is 6.44. The van der Waals surface area contributed by atoms with E-state index in [1.54, 1.807) is 0 Å². The monoisotopic (exact) mass is 279 g/mol. The molecule has 1 aliphatic rings. The van der Waals surface area contributed by atoms with Crippen LogP contribution in [0, 0.1) is 24.7 Å². The van der Waals surface area contributed by atoms with Crippen molar-refractivity contribution in [2.75, 3.05) is 7.05 Å². The lowest BCUT2D eigenvalue weighted by Gasteiger charge is -2.37. The van der Waals surface area contributed by atoms with Gasteiger partial charge in [-0.15, -0.1) is 0 Å². The highest BCUT2D eigenvalue weighted by atomic mass is 35.5. The highest BCUT2D eigenvalue weighted by molar-refractivity contribution is 6.30. The lowest BCUT2D eigenvalue weighted by molar-refractivity contribution is 0.180. The van der Waals surface area contributed by atoms with Crippen LogP contribution in [0.3, 0.4) is 0 Å². The molecule has 19 heavy (non-hydrogen) atoms. The van der Waals surface area contributed by atoms with Crippen LogP contribution in [0.15, 0.2) is 18.2 Å². The molecule has 1 aromatic carbocycles. The second-order valence-corrected chi connectivity index (χ2v) is 6.88. The summed E-state index contributed by atoms with van der Waals surface area (Å²) in [5.41, 5.74) is 2.72. The minimum Gasteiger partial charge on any atom is -0.313 e. The topological polar surface area (TPSA) is 12.0 Å². The Morgan fingerprint density at radius 2 is 1.79 bits per heavy atom. The summed E-state index contributed by atoms with van der Waals surface area (Å²) in [6.45, 7) is 6.96. The molecule has 2 heteroatoms. The van der Waals surface area contributed by atoms with Gasteiger partial charge in [-0.05, 0) is 74.2 Å². The van der Waals surface area contributed by atoms with Crippen LogP contribution in [0.25, 0.3) is 0 Å². The van der Waals surface area contributed by atoms with E-state index in [4.69, 9.17) is 11.6 Å². The van der Waals surface area contributed by atoms with Crippen molar-refractivity contribution in [3.8, 4) is 0 Å². The Labute approximate surface area is 122 Å². The van der Waals surface area contributed by atoms with E-state index in [0.29, 0.717) is 6.04 Å². The Morgan fingerprint density at radius 1 is 1.16 bits per heavy atom. The molecule has 3 atom stereocenters. The highest BCUT2D eigenvalue weighted by Crippen LogP contribution is 2.40. The first-order valence-corrected chi connectivity index (χ1v) is 7.82. The zero-order chi connectivity index (χ0) is 14.0. The summed E-state index contributed by atoms with van der Waals surface area (Å²) in [4.78, 5) is 0. The molecule has 106 valence electrons. The number of halogens is 1. The second kappa shape index (κ2) is 6.28. The molecule has 1 nitrogen and oxygen atoms in total. The fourth-order valence-corrected chi connectivity index (χ4v) is 4.05. The molecule has 0 aromatic heterocycles. The predicted octanol–water partition coefficient (Wildman–Crippen LogP) is 4.98. The van der Waals surface area contributed by atoms with Crippen molar-refractivity contribution >= 4 is 11.6 Å². The SMILES string of the molecule is CNC(c1cc(Cl)ccc1C)C1CC(C)CC(C)C1. The van der Waals surface area contributed by atoms with Gasteiger partial charge in [0, 0.05) is 11.1 Å². The van der Waals surface area contributed by atoms with Crippen molar-refractivity contribution < 1.29 is 0 Å². The van der Waals surface area contributed by atoms with Gasteiger partial charge in [-0.3, -0.25) is 0 Å². The van der Waals surface area contributed by atoms with Crippen molar-refractivity contribution in [1.82, 2.24) is 5.32 Å². The fourth-order valence-electron chi connectivity index (χ4n) is 3.87. The Morgan fingerprint density at radius 3 is 2.37 bits per heavy atom. The quantitative estimate of drug-likeness (QED) is 0.823. The van der Waals surface area contributed by atoms with Crippen LogP contribution in [-0.2, 0) is 0 Å². The normalized spacial score (nSPS) is 29.2. The Balaban J connectivity index is 2.26. The smallest absolute Gasteiger partial charge is 0.0409 e. The molecule has 3 unspecified atom stereocenters. The molecule has 0 heterocycles. The zero-order valence-electron chi connectivity index (χ0n) is 12.5. The van der Waals surface area contributed by atoms with E-state index in [2.05, 4.69) is 45.3 Å². The third-order valence-electron chi connectivity index (χ3n) is 4.57. The van der Waals surface area contributed by atoms with E-state index in [0.717, 1.165) is 22.8 Å². The first kappa shape index (κ1) is 14.9. The molecule has 1 N–H and O–H groups in total. The lowest BCUT2D eigenvalue weighted by Crippen LogP contribution is -2.31. The fraction of sp³-hybridized carbons (Fsp3) is 0.647. The number of aryl methyl sites for hydroxylation is 1. The number of benzene rings is 1. The molecule has 0 amide bonds. The number of hydrogen-bond acceptors (Lipinski definition) is 1. The average Bonchev–Trinajstić information content (AvgIpc) is 2.33. The van der Waals surface area contributed by atoms with Gasteiger partial charge in [0.2, 0.25) is 0 Å². The van der Waals surface area contributed by atoms with Gasteiger partial charge in [-0.2, -0.15) is 0 Å². The molecule has 0 bridgehead atoms. The average molecular weight is 280 g/mol. The molecular weight excluding hydrogens is 254 g/mol. The summed E-state index contributed by atoms with van der Waals surface area (Å²) in [6, 6.07) is 6.70. The van der Waals surface area contributed by atoms with Crippen molar-refractivity contribution in [2.24, 2.45) is 17.8 Å². The molecule has 0 radical (unpaired) electrons. The molecule has 1 aromatic rings. The Bertz CT molecular complexity index is 419. The standard InChI is InChI=1S/C17H26ClN/c1-11-7-12(2)9-14(8-11)17(19-4)16-10-15(18)6-5-13(16)3/h5-6,10-12,14,17,19H,7-9H2,1-4H3. The van der Waals surface area contributed by atoms with E-state index < -0.39 is 0 Å². The molecule has 2 rings (SSSR count). The number of hydrogen-bond donors (Lipinski definition) is 1. The largest absolute Gasteiger partial charge is 0.313 e. The molecule has 1 aliphatic carbocycles. The summed E-state index contributed by atoms with van der Waals surface area (Å²) < 4.78 is 0. The van der Waals surface area contributed by atoms with Crippen LogP contribution in [0.4, 0.5) is 0 Å². The van der Waals surface area contributed by atoms with Gasteiger partial charge < -0.3 is 5.32 Å². The minimum absolute atomic E-state index is 0.434. The van der Waals surface area contributed by atoms with Gasteiger partial charge in [0.1, 0.15) is 0 Å². The van der Waals surface area contributed by atoms with Gasteiger partial charge in [-0.25, -0.2) is 0 Å². The summed E-state index contributed by atoms with van der Waals surface area (Å²) in [5, 5.41) is 4.38. The van der Waals surface area contributed by atoms with Crippen LogP contribution >= 0.6 is 11.6 Å². The van der Waals surface area contributed by atoms with E-state index in [1.807, 2.05) is 6.07 Å². The van der Waals surface area contributed by atoms with Crippen molar-refractivity contribution in [2.45, 2.75) is 46.1 Å². The number of nitrogens with one attached hydrogen (secondary N) is 1. The summed E-state index contributed by atoms with van der Waals surface area (Å²) in [7, 11) is 2.08. The lowest BCUT2D eigenvalue weighted by atomic mass is 9.72. The van der Waals surface area contributed by atoms with E-state index >= 15 is 0 Å². The van der Waals surface area contributed by atoms with E-state index in [-0.39, 0.29) is 0 Å². The van der Waals surface area contributed by atoms with Crippen LogP contribution < -0.4 is 5.32 Å². The van der Waals surface area contributed by atoms with Gasteiger partial charge in [0.15, 0.2) is 0 Å². The van der Waals surface area contributed by atoms with Crippen LogP contribution in [-0.4, -0.2) is 7.05 Å². The summed E-state index contributed by atoms with van der Waals surface area (Å²) in [6.07, 6.45) is 4.02. The first-order valence-electron chi connectivity index (χ1n) is 7.44. The van der Waals surface area contributed by atoms with Crippen molar-refractivity contribution in [3.05, 3.63) is 34.3 Å². The Kier molecular flexibility index (Phi) is 4.92. The van der Waals surface area contributed by atoms with E-state index in [1.165, 1.54) is 30.4 Å². The summed E-state index contributed by atoms with van der Waals surface area (Å²) >= 11 is 6.19. The zero-order valence-corrected chi connectivity index (χ0v) is 13.3. The molecular formula is C17H26ClN. The van der Waals surface area contributed by atoms with Gasteiger partial charge in [-0.1, -0.05) is 31.5 Å². The third-order valence-corrected chi connectivity index (χ3v) is 4.81. The van der Waals surface area contributed by atoms with Gasteiger partial charge in [0.25, 0.3) is 0 Å². The molecule has 0 spiro atoms. The predicted molar refractivity (Wildman–Crippen MR) is 83.7 cm³/mol. The van der Waals surface area contributed by atoms with Crippen LogP contribution in [0.2, 0.25) is 5.02 Å². The third kappa shape index (κ3) is 3.52. The molecule has 0 saturated heterocycles. The molecule has 1 saturated carbocycles. The van der Waals surface area contributed by atoms with Crippen LogP contribution in [0.1, 0.15) is 50.3 Å². The van der Waals surface area contributed by atoms with Crippen molar-refractivity contribution in [3.63, 3.8) is 0 Å².